The predicted octanol–water partition coefficient (Wildman–Crippen LogP) is 0.573. The van der Waals surface area contributed by atoms with Crippen LogP contribution < -0.4 is 37.7 Å². The van der Waals surface area contributed by atoms with E-state index in [1.54, 1.807) is 14.2 Å². The molecular formula is C35H47ClN4O6. The minimum absolute atomic E-state index is 0. The molecule has 1 saturated carbocycles. The zero-order chi connectivity index (χ0) is 32.1. The van der Waals surface area contributed by atoms with Crippen molar-refractivity contribution in [2.75, 3.05) is 40.8 Å². The van der Waals surface area contributed by atoms with Crippen molar-refractivity contribution in [3.8, 4) is 17.2 Å². The fourth-order valence-corrected chi connectivity index (χ4v) is 8.58. The standard InChI is InChI=1S/C35H46N4O6.ClH/c1-21(2)18-26(36)33(41)37-15-16-38(3)34(42)44-24-9-6-22(7-10-24)20-39(4)17-14-35-25-11-12-28(40)32(35)45-31-29(43-5)13-8-23(30(31)35)19-27(25)39;/h6-10,13,21,25-27,32H,11-12,14-20,36H2,1-5H3;1H/t25?,26-,27?,32?,35?,39?;/m0./s1. The lowest BCUT2D eigenvalue weighted by molar-refractivity contribution is -0.957. The van der Waals surface area contributed by atoms with E-state index in [1.807, 2.05) is 44.2 Å². The summed E-state index contributed by atoms with van der Waals surface area (Å²) in [4.78, 5) is 39.5. The molecule has 2 bridgehead atoms. The number of hydrogen-bond donors (Lipinski definition) is 2. The molecule has 11 heteroatoms. The number of quaternary nitrogens is 1. The first-order valence-electron chi connectivity index (χ1n) is 16.3. The summed E-state index contributed by atoms with van der Waals surface area (Å²) in [7, 11) is 5.66. The van der Waals surface area contributed by atoms with E-state index in [1.165, 1.54) is 21.6 Å². The van der Waals surface area contributed by atoms with E-state index < -0.39 is 18.2 Å². The number of nitrogens with two attached hydrogens (primary N) is 1. The van der Waals surface area contributed by atoms with Gasteiger partial charge in [0.1, 0.15) is 12.3 Å². The molecule has 6 atom stereocenters. The van der Waals surface area contributed by atoms with Crippen LogP contribution in [0.2, 0.25) is 0 Å². The summed E-state index contributed by atoms with van der Waals surface area (Å²) in [6.45, 7) is 6.45. The molecule has 2 aliphatic carbocycles. The second-order valence-corrected chi connectivity index (χ2v) is 14.1. The van der Waals surface area contributed by atoms with Gasteiger partial charge in [-0.3, -0.25) is 9.59 Å². The van der Waals surface area contributed by atoms with E-state index in [-0.39, 0.29) is 29.5 Å². The largest absolute Gasteiger partial charge is 1.00 e. The molecule has 46 heavy (non-hydrogen) atoms. The summed E-state index contributed by atoms with van der Waals surface area (Å²) < 4.78 is 18.6. The Morgan fingerprint density at radius 3 is 2.63 bits per heavy atom. The highest BCUT2D eigenvalue weighted by molar-refractivity contribution is 5.89. The number of piperidine rings is 1. The van der Waals surface area contributed by atoms with Gasteiger partial charge in [0.05, 0.1) is 38.2 Å². The van der Waals surface area contributed by atoms with Crippen LogP contribution in [0, 0.1) is 11.8 Å². The van der Waals surface area contributed by atoms with Crippen LogP contribution in [0.1, 0.15) is 56.2 Å². The van der Waals surface area contributed by atoms with Crippen LogP contribution in [-0.4, -0.2) is 86.2 Å². The number of carbonyl (C=O) groups is 3. The van der Waals surface area contributed by atoms with Crippen molar-refractivity contribution in [3.63, 3.8) is 0 Å². The third kappa shape index (κ3) is 5.84. The van der Waals surface area contributed by atoms with E-state index in [9.17, 15) is 14.4 Å². The molecule has 2 heterocycles. The third-order valence-corrected chi connectivity index (χ3v) is 10.8. The average molecular weight is 655 g/mol. The number of nitrogens with one attached hydrogen (secondary N) is 1. The number of carbonyl (C=O) groups excluding carboxylic acids is 3. The summed E-state index contributed by atoms with van der Waals surface area (Å²) >= 11 is 0. The summed E-state index contributed by atoms with van der Waals surface area (Å²) in [5.74, 6) is 2.70. The average Bonchev–Trinajstić information content (AvgIpc) is 3.36. The number of nitrogens with zero attached hydrogens (tertiary/aromatic N) is 2. The molecule has 5 unspecified atom stereocenters. The van der Waals surface area contributed by atoms with Crippen LogP contribution in [0.15, 0.2) is 36.4 Å². The summed E-state index contributed by atoms with van der Waals surface area (Å²) in [6, 6.07) is 11.8. The normalized spacial score (nSPS) is 27.5. The highest BCUT2D eigenvalue weighted by Crippen LogP contribution is 2.64. The molecule has 0 radical (unpaired) electrons. The Morgan fingerprint density at radius 2 is 1.93 bits per heavy atom. The first kappa shape index (κ1) is 34.0. The van der Waals surface area contributed by atoms with Gasteiger partial charge in [0.15, 0.2) is 23.4 Å². The van der Waals surface area contributed by atoms with E-state index in [2.05, 4.69) is 18.4 Å². The third-order valence-electron chi connectivity index (χ3n) is 10.8. The molecule has 2 aromatic carbocycles. The topological polar surface area (TPSA) is 120 Å². The molecule has 2 fully saturated rings. The van der Waals surface area contributed by atoms with Crippen LogP contribution in [0.4, 0.5) is 4.79 Å². The van der Waals surface area contributed by atoms with Crippen LogP contribution in [-0.2, 0) is 28.0 Å². The van der Waals surface area contributed by atoms with E-state index in [4.69, 9.17) is 19.9 Å². The van der Waals surface area contributed by atoms with E-state index >= 15 is 0 Å². The number of methoxy groups -OCH3 is 1. The molecule has 2 aromatic rings. The lowest BCUT2D eigenvalue weighted by Crippen LogP contribution is -3.00. The Kier molecular flexibility index (Phi) is 9.64. The fraction of sp³-hybridized carbons (Fsp3) is 0.571. The van der Waals surface area contributed by atoms with Crippen molar-refractivity contribution in [2.24, 2.45) is 17.6 Å². The van der Waals surface area contributed by atoms with Gasteiger partial charge >= 0.3 is 6.09 Å². The number of rotatable bonds is 10. The van der Waals surface area contributed by atoms with Crippen molar-refractivity contribution < 1.29 is 45.5 Å². The van der Waals surface area contributed by atoms with Gasteiger partial charge in [-0.15, -0.1) is 0 Å². The van der Waals surface area contributed by atoms with Gasteiger partial charge < -0.3 is 47.1 Å². The van der Waals surface area contributed by atoms with Crippen LogP contribution in [0.5, 0.6) is 17.2 Å². The Bertz CT molecular complexity index is 1480. The monoisotopic (exact) mass is 654 g/mol. The number of ketones is 1. The molecule has 3 N–H and O–H groups in total. The van der Waals surface area contributed by atoms with Gasteiger partial charge in [-0.2, -0.15) is 0 Å². The Balaban J connectivity index is 0.00000417. The number of benzene rings is 2. The number of likely N-dealkylation sites (tertiary alicyclic amines) is 1. The van der Waals surface area contributed by atoms with Crippen molar-refractivity contribution >= 4 is 17.8 Å². The molecule has 250 valence electrons. The molecule has 10 nitrogen and oxygen atoms in total. The number of ether oxygens (including phenoxy) is 3. The molecule has 1 saturated heterocycles. The van der Waals surface area contributed by atoms with Crippen molar-refractivity contribution in [1.82, 2.24) is 10.2 Å². The first-order chi connectivity index (χ1) is 21.5. The number of hydrogen-bond acceptors (Lipinski definition) is 7. The smallest absolute Gasteiger partial charge is 0.415 e. The predicted molar refractivity (Wildman–Crippen MR) is 169 cm³/mol. The molecule has 6 rings (SSSR count). The number of likely N-dealkylation sites (N-methyl/N-ethyl adjacent to an activating group) is 2. The highest BCUT2D eigenvalue weighted by atomic mass is 35.5. The van der Waals surface area contributed by atoms with Gasteiger partial charge in [0.2, 0.25) is 5.91 Å². The molecule has 0 aromatic heterocycles. The fourth-order valence-electron chi connectivity index (χ4n) is 8.58. The van der Waals surface area contributed by atoms with Crippen molar-refractivity contribution in [1.29, 1.82) is 0 Å². The van der Waals surface area contributed by atoms with Gasteiger partial charge in [0, 0.05) is 56.4 Å². The summed E-state index contributed by atoms with van der Waals surface area (Å²) in [5.41, 5.74) is 9.37. The van der Waals surface area contributed by atoms with Crippen LogP contribution in [0.3, 0.4) is 0 Å². The maximum atomic E-state index is 13.2. The molecular weight excluding hydrogens is 608 g/mol. The Labute approximate surface area is 277 Å². The van der Waals surface area contributed by atoms with Gasteiger partial charge in [-0.1, -0.05) is 19.9 Å². The highest BCUT2D eigenvalue weighted by Gasteiger charge is 2.69. The van der Waals surface area contributed by atoms with Gasteiger partial charge in [-0.25, -0.2) is 4.79 Å². The lowest BCUT2D eigenvalue weighted by Gasteiger charge is -2.60. The van der Waals surface area contributed by atoms with Gasteiger partial charge in [-0.05, 0) is 54.7 Å². The maximum Gasteiger partial charge on any atom is 0.415 e. The minimum atomic E-state index is -0.553. The van der Waals surface area contributed by atoms with Crippen LogP contribution >= 0.6 is 0 Å². The molecule has 4 aliphatic rings. The maximum absolute atomic E-state index is 13.2. The van der Waals surface area contributed by atoms with Crippen molar-refractivity contribution in [3.05, 3.63) is 53.1 Å². The second-order valence-electron chi connectivity index (χ2n) is 14.1. The van der Waals surface area contributed by atoms with Crippen molar-refractivity contribution in [2.45, 2.75) is 76.1 Å². The Hall–Kier alpha value is -3.34. The van der Waals surface area contributed by atoms with Gasteiger partial charge in [0.25, 0.3) is 0 Å². The zero-order valence-corrected chi connectivity index (χ0v) is 28.3. The lowest BCUT2D eigenvalue weighted by atomic mass is 9.51. The van der Waals surface area contributed by atoms with E-state index in [0.29, 0.717) is 49.6 Å². The molecule has 2 aliphatic heterocycles. The minimum Gasteiger partial charge on any atom is -1.00 e. The molecule has 1 spiro atoms. The number of amides is 2. The Morgan fingerprint density at radius 1 is 1.20 bits per heavy atom. The number of halogens is 1. The summed E-state index contributed by atoms with van der Waals surface area (Å²) in [5, 5.41) is 2.79. The quantitative estimate of drug-likeness (QED) is 0.360. The van der Waals surface area contributed by atoms with Crippen LogP contribution in [0.25, 0.3) is 0 Å². The summed E-state index contributed by atoms with van der Waals surface area (Å²) in [6.07, 6.45) is 3.02. The number of Topliss-reactive ketones (excluding diaryl/α,β-unsaturated/α-hetero) is 1. The SMILES string of the molecule is COc1ccc2c3c1OC1C(=O)CCC4C(C2)[N+](C)(Cc2ccc(OC(=O)N(C)CCNC(=O)[C@@H](N)CC(C)C)cc2)CCC314.[Cl-]. The molecule has 2 amide bonds. The van der Waals surface area contributed by atoms with E-state index in [0.717, 1.165) is 48.3 Å². The second kappa shape index (κ2) is 13.0. The first-order valence-corrected chi connectivity index (χ1v) is 16.3. The zero-order valence-electron chi connectivity index (χ0n) is 27.5.